The van der Waals surface area contributed by atoms with Crippen molar-refractivity contribution in [3.63, 3.8) is 0 Å². The van der Waals surface area contributed by atoms with Gasteiger partial charge in [0.15, 0.2) is 18.7 Å². The Morgan fingerprint density at radius 3 is 1.36 bits per heavy atom. The maximum Gasteiger partial charge on any atom is 0.357 e. The third-order valence-electron chi connectivity index (χ3n) is 7.25. The first-order valence-electron chi connectivity index (χ1n) is 14.0. The molecule has 1 aliphatic rings. The van der Waals surface area contributed by atoms with Crippen molar-refractivity contribution in [1.82, 2.24) is 0 Å². The van der Waals surface area contributed by atoms with E-state index in [1.807, 2.05) is 0 Å². The molecule has 0 aromatic heterocycles. The van der Waals surface area contributed by atoms with E-state index in [1.54, 1.807) is 72.8 Å². The van der Waals surface area contributed by atoms with Crippen molar-refractivity contribution >= 4 is 21.7 Å². The third kappa shape index (κ3) is 6.42. The van der Waals surface area contributed by atoms with Crippen LogP contribution in [0.5, 0.6) is 0 Å². The summed E-state index contributed by atoms with van der Waals surface area (Å²) in [5.41, 5.74) is 1.42. The quantitative estimate of drug-likeness (QED) is 0.193. The van der Waals surface area contributed by atoms with E-state index < -0.39 is 26.6 Å². The van der Waals surface area contributed by atoms with Crippen LogP contribution in [0.3, 0.4) is 0 Å². The number of hydrogen-bond acceptors (Lipinski definition) is 5. The van der Waals surface area contributed by atoms with Crippen LogP contribution in [0.15, 0.2) is 157 Å². The summed E-state index contributed by atoms with van der Waals surface area (Å²) in [6, 6.07) is 46.6. The molecule has 6 aromatic carbocycles. The van der Waals surface area contributed by atoms with Gasteiger partial charge in [-0.05, 0) is 47.0 Å². The molecule has 0 unspecified atom stereocenters. The molecule has 7 heteroatoms. The van der Waals surface area contributed by atoms with Crippen molar-refractivity contribution in [3.05, 3.63) is 181 Å². The van der Waals surface area contributed by atoms with E-state index in [0.717, 1.165) is 0 Å². The number of halogens is 1. The first-order chi connectivity index (χ1) is 21.8. The number of benzene rings is 6. The fourth-order valence-electron chi connectivity index (χ4n) is 5.29. The van der Waals surface area contributed by atoms with Crippen molar-refractivity contribution in [2.75, 3.05) is 0 Å². The number of carbonyl (C=O) groups is 2. The van der Waals surface area contributed by atoms with E-state index in [-0.39, 0.29) is 49.0 Å². The van der Waals surface area contributed by atoms with Crippen LogP contribution in [0.2, 0.25) is 0 Å². The summed E-state index contributed by atoms with van der Waals surface area (Å²) < 4.78 is 40.8. The monoisotopic (exact) mass is 720 g/mol. The zero-order valence-corrected chi connectivity index (χ0v) is 26.7. The standard InChI is InChI=1S/C26H16O5S.C12H10I/c27-24-18-13-7-8-14-19(18)25(28)23-21(24)15-20(16-9-3-1-4-10-16)22(26(23)32(29,30)31)17-11-5-2-6-12-17;1-3-7-11(8-4-1)13-12-9-5-2-6-10-12/h1-15H,(H,29,30,31);1-10H/q;+1/p-1. The second-order valence-corrected chi connectivity index (χ2v) is 14.5. The Morgan fingerprint density at radius 1 is 0.444 bits per heavy atom. The second kappa shape index (κ2) is 13.1. The zero-order chi connectivity index (χ0) is 31.4. The molecule has 0 radical (unpaired) electrons. The lowest BCUT2D eigenvalue weighted by Crippen LogP contribution is -3.61. The Balaban J connectivity index is 0.000000229. The Kier molecular flexibility index (Phi) is 8.84. The first-order valence-corrected chi connectivity index (χ1v) is 17.6. The van der Waals surface area contributed by atoms with E-state index in [2.05, 4.69) is 60.7 Å². The minimum absolute atomic E-state index is 0.0287. The predicted octanol–water partition coefficient (Wildman–Crippen LogP) is 4.52. The maximum absolute atomic E-state index is 13.4. The van der Waals surface area contributed by atoms with Crippen LogP contribution < -0.4 is 21.2 Å². The molecule has 0 heterocycles. The van der Waals surface area contributed by atoms with Gasteiger partial charge in [0.2, 0.25) is 0 Å². The molecule has 220 valence electrons. The normalized spacial score (nSPS) is 12.0. The van der Waals surface area contributed by atoms with Crippen LogP contribution in [0.1, 0.15) is 31.8 Å². The summed E-state index contributed by atoms with van der Waals surface area (Å²) in [7, 11) is -5.14. The SMILES string of the molecule is O=C1c2ccccc2C(=O)c2c1cc(-c1ccccc1)c(-c1ccccc1)c2S(=O)(=O)[O-].c1ccc([I+]c2ccccc2)cc1. The highest BCUT2D eigenvalue weighted by atomic mass is 127. The van der Waals surface area contributed by atoms with Crippen LogP contribution in [0, 0.1) is 7.14 Å². The van der Waals surface area contributed by atoms with Gasteiger partial charge < -0.3 is 4.55 Å². The molecule has 7 rings (SSSR count). The van der Waals surface area contributed by atoms with Gasteiger partial charge in [-0.25, -0.2) is 8.42 Å². The smallest absolute Gasteiger partial charge is 0.357 e. The fourth-order valence-corrected chi connectivity index (χ4v) is 8.49. The minimum atomic E-state index is -5.14. The Morgan fingerprint density at radius 2 is 0.867 bits per heavy atom. The summed E-state index contributed by atoms with van der Waals surface area (Å²) in [5.74, 6) is -1.14. The molecule has 0 bridgehead atoms. The van der Waals surface area contributed by atoms with Crippen molar-refractivity contribution in [3.8, 4) is 22.3 Å². The first kappa shape index (κ1) is 30.3. The van der Waals surface area contributed by atoms with E-state index in [9.17, 15) is 22.6 Å². The minimum Gasteiger partial charge on any atom is -0.744 e. The number of hydrogen-bond donors (Lipinski definition) is 0. The fraction of sp³-hybridized carbons (Fsp3) is 0. The largest absolute Gasteiger partial charge is 0.744 e. The predicted molar refractivity (Wildman–Crippen MR) is 169 cm³/mol. The van der Waals surface area contributed by atoms with Gasteiger partial charge in [0.25, 0.3) is 0 Å². The molecule has 6 aromatic rings. The van der Waals surface area contributed by atoms with Gasteiger partial charge in [0.05, 0.1) is 10.5 Å². The summed E-state index contributed by atoms with van der Waals surface area (Å²) in [6.07, 6.45) is 0. The molecule has 45 heavy (non-hydrogen) atoms. The molecule has 0 saturated heterocycles. The van der Waals surface area contributed by atoms with Crippen molar-refractivity contribution in [2.24, 2.45) is 0 Å². The third-order valence-corrected chi connectivity index (χ3v) is 10.8. The van der Waals surface area contributed by atoms with E-state index >= 15 is 0 Å². The van der Waals surface area contributed by atoms with E-state index in [4.69, 9.17) is 0 Å². The number of carbonyl (C=O) groups excluding carboxylic acids is 2. The van der Waals surface area contributed by atoms with Crippen molar-refractivity contribution in [2.45, 2.75) is 4.90 Å². The molecule has 0 spiro atoms. The van der Waals surface area contributed by atoms with Crippen LogP contribution in [-0.2, 0) is 10.1 Å². The maximum atomic E-state index is 13.4. The van der Waals surface area contributed by atoms with Crippen LogP contribution >= 0.6 is 0 Å². The molecular formula is C38H25IO5S. The topological polar surface area (TPSA) is 91.3 Å². The highest BCUT2D eigenvalue weighted by molar-refractivity contribution is 7.86. The molecular weight excluding hydrogens is 695 g/mol. The summed E-state index contributed by atoms with van der Waals surface area (Å²) >= 11 is 0.0287. The molecule has 0 amide bonds. The molecule has 1 aliphatic carbocycles. The summed E-state index contributed by atoms with van der Waals surface area (Å²) in [4.78, 5) is 26.1. The van der Waals surface area contributed by atoms with Gasteiger partial charge >= 0.3 is 21.2 Å². The van der Waals surface area contributed by atoms with Crippen molar-refractivity contribution in [1.29, 1.82) is 0 Å². The van der Waals surface area contributed by atoms with Gasteiger partial charge in [0, 0.05) is 22.3 Å². The lowest BCUT2D eigenvalue weighted by Gasteiger charge is -2.26. The Labute approximate surface area is 272 Å². The Bertz CT molecular complexity index is 2080. The second-order valence-electron chi connectivity index (χ2n) is 10.1. The molecule has 0 N–H and O–H groups in total. The highest BCUT2D eigenvalue weighted by Crippen LogP contribution is 2.43. The van der Waals surface area contributed by atoms with Crippen LogP contribution in [-0.4, -0.2) is 24.5 Å². The van der Waals surface area contributed by atoms with Crippen LogP contribution in [0.4, 0.5) is 0 Å². The lowest BCUT2D eigenvalue weighted by molar-refractivity contribution is -0.597. The highest BCUT2D eigenvalue weighted by Gasteiger charge is 2.36. The Hall–Kier alpha value is -4.70. The van der Waals surface area contributed by atoms with Crippen LogP contribution in [0.25, 0.3) is 22.3 Å². The van der Waals surface area contributed by atoms with Gasteiger partial charge in [-0.2, -0.15) is 0 Å². The summed E-state index contributed by atoms with van der Waals surface area (Å²) in [5, 5.41) is 0. The van der Waals surface area contributed by atoms with E-state index in [0.29, 0.717) is 16.7 Å². The lowest BCUT2D eigenvalue weighted by atomic mass is 9.80. The molecule has 5 nitrogen and oxygen atoms in total. The number of ketones is 2. The van der Waals surface area contributed by atoms with Gasteiger partial charge in [-0.15, -0.1) is 0 Å². The zero-order valence-electron chi connectivity index (χ0n) is 23.8. The molecule has 0 saturated carbocycles. The van der Waals surface area contributed by atoms with Crippen molar-refractivity contribution < 1.29 is 43.8 Å². The molecule has 0 aliphatic heterocycles. The van der Waals surface area contributed by atoms with Gasteiger partial charge in [0.1, 0.15) is 10.1 Å². The molecule has 0 atom stereocenters. The average Bonchev–Trinajstić information content (AvgIpc) is 3.08. The number of rotatable bonds is 5. The number of fused-ring (bicyclic) bond motifs is 2. The average molecular weight is 721 g/mol. The van der Waals surface area contributed by atoms with Gasteiger partial charge in [-0.3, -0.25) is 9.59 Å². The summed E-state index contributed by atoms with van der Waals surface area (Å²) in [6.45, 7) is 0. The van der Waals surface area contributed by atoms with E-state index in [1.165, 1.54) is 25.3 Å². The molecule has 0 fully saturated rings. The van der Waals surface area contributed by atoms with Gasteiger partial charge in [-0.1, -0.05) is 121 Å².